The van der Waals surface area contributed by atoms with Crippen molar-refractivity contribution < 1.29 is 0 Å². The van der Waals surface area contributed by atoms with E-state index in [1.807, 2.05) is 0 Å². The van der Waals surface area contributed by atoms with Crippen LogP contribution in [0.1, 0.15) is 34.1 Å². The molecule has 0 aromatic carbocycles. The van der Waals surface area contributed by atoms with E-state index in [1.54, 1.807) is 0 Å². The molecule has 0 aliphatic rings. The third-order valence-electron chi connectivity index (χ3n) is 1.06. The van der Waals surface area contributed by atoms with Crippen LogP contribution >= 0.6 is 0 Å². The zero-order valence-electron chi connectivity index (χ0n) is 5.21. The Labute approximate surface area is 40.6 Å². The summed E-state index contributed by atoms with van der Waals surface area (Å²) < 4.78 is 0. The van der Waals surface area contributed by atoms with Crippen LogP contribution in [-0.4, -0.2) is 0 Å². The number of hydrogen-bond donors (Lipinski definition) is 0. The largest absolute Gasteiger partial charge is 0.0649 e. The Kier molecular flexibility index (Phi) is 1.63. The fourth-order valence-corrected chi connectivity index (χ4v) is 0. The summed E-state index contributed by atoms with van der Waals surface area (Å²) in [5.74, 6) is 0. The molecule has 0 aliphatic heterocycles. The first-order chi connectivity index (χ1) is 2.56. The van der Waals surface area contributed by atoms with Gasteiger partial charge in [-0.2, -0.15) is 0 Å². The van der Waals surface area contributed by atoms with E-state index in [2.05, 4.69) is 27.7 Å². The zero-order chi connectivity index (χ0) is 5.21. The maximum Gasteiger partial charge on any atom is -0.0385 e. The average molecular weight is 86.2 g/mol. The van der Waals surface area contributed by atoms with Gasteiger partial charge in [0.05, 0.1) is 0 Å². The van der Waals surface area contributed by atoms with Crippen molar-refractivity contribution in [1.29, 1.82) is 0 Å². The summed E-state index contributed by atoms with van der Waals surface area (Å²) >= 11 is 0. The van der Waals surface area contributed by atoms with Crippen molar-refractivity contribution in [3.05, 3.63) is 0 Å². The highest BCUT2D eigenvalue weighted by molar-refractivity contribution is 4.55. The van der Waals surface area contributed by atoms with Crippen LogP contribution in [0.3, 0.4) is 0 Å². The number of rotatable bonds is 0. The molecule has 0 aromatic rings. The van der Waals surface area contributed by atoms with Gasteiger partial charge in [0.2, 0.25) is 0 Å². The third kappa shape index (κ3) is 4.00. The Morgan fingerprint density at radius 2 is 1.33 bits per heavy atom. The summed E-state index contributed by atoms with van der Waals surface area (Å²) in [5.41, 5.74) is 0.542. The van der Waals surface area contributed by atoms with Gasteiger partial charge in [0.1, 0.15) is 0 Å². The smallest absolute Gasteiger partial charge is 0.0385 e. The van der Waals surface area contributed by atoms with Crippen LogP contribution in [0, 0.1) is 5.41 Å². The molecular formula is C6H14. The highest BCUT2D eigenvalue weighted by Crippen LogP contribution is 2.16. The van der Waals surface area contributed by atoms with E-state index in [9.17, 15) is 0 Å². The molecule has 0 radical (unpaired) electrons. The standard InChI is InChI=1S/C6H14/c1-5-6(2,3)4/h5H2,1-4H3. The maximum absolute atomic E-state index is 2.24. The molecule has 0 rings (SSSR count). The molecular weight excluding hydrogens is 72.1 g/mol. The highest BCUT2D eigenvalue weighted by atomic mass is 14.1. The second-order valence-electron chi connectivity index (χ2n) is 2.91. The first-order valence-corrected chi connectivity index (χ1v) is 2.56. The van der Waals surface area contributed by atoms with Crippen LogP contribution in [0.25, 0.3) is 0 Å². The van der Waals surface area contributed by atoms with E-state index < -0.39 is 0 Å². The van der Waals surface area contributed by atoms with Gasteiger partial charge in [-0.15, -0.1) is 0 Å². The van der Waals surface area contributed by atoms with Gasteiger partial charge in [0.25, 0.3) is 0 Å². The summed E-state index contributed by atoms with van der Waals surface area (Å²) in [6.07, 6.45) is 1.27. The minimum absolute atomic E-state index is 0.542. The van der Waals surface area contributed by atoms with Gasteiger partial charge in [0.15, 0.2) is 0 Å². The quantitative estimate of drug-likeness (QED) is 0.424. The maximum atomic E-state index is 2.24. The minimum Gasteiger partial charge on any atom is -0.0649 e. The lowest BCUT2D eigenvalue weighted by Gasteiger charge is -2.12. The lowest BCUT2D eigenvalue weighted by molar-refractivity contribution is 0.398. The summed E-state index contributed by atoms with van der Waals surface area (Å²) in [6.45, 7) is 8.94. The Balaban J connectivity index is 3.17. The van der Waals surface area contributed by atoms with Gasteiger partial charge in [0, 0.05) is 0 Å². The van der Waals surface area contributed by atoms with Gasteiger partial charge < -0.3 is 0 Å². The van der Waals surface area contributed by atoms with Crippen LogP contribution in [-0.2, 0) is 0 Å². The van der Waals surface area contributed by atoms with Crippen LogP contribution < -0.4 is 0 Å². The predicted octanol–water partition coefficient (Wildman–Crippen LogP) is 2.44. The summed E-state index contributed by atoms with van der Waals surface area (Å²) in [7, 11) is 0. The minimum atomic E-state index is 0.542. The van der Waals surface area contributed by atoms with Gasteiger partial charge in [-0.25, -0.2) is 0 Å². The molecule has 0 saturated carbocycles. The lowest BCUT2D eigenvalue weighted by atomic mass is 9.94. The van der Waals surface area contributed by atoms with Crippen molar-refractivity contribution in [3.8, 4) is 0 Å². The Morgan fingerprint density at radius 3 is 1.33 bits per heavy atom. The Bertz CT molecular complexity index is 29.8. The van der Waals surface area contributed by atoms with Crippen LogP contribution in [0.4, 0.5) is 0 Å². The van der Waals surface area contributed by atoms with E-state index >= 15 is 0 Å². The molecule has 38 valence electrons. The fraction of sp³-hybridized carbons (Fsp3) is 1.00. The molecule has 0 saturated heterocycles. The van der Waals surface area contributed by atoms with Crippen molar-refractivity contribution in [2.75, 3.05) is 0 Å². The second-order valence-corrected chi connectivity index (χ2v) is 2.91. The van der Waals surface area contributed by atoms with E-state index in [-0.39, 0.29) is 0 Å². The van der Waals surface area contributed by atoms with Crippen molar-refractivity contribution in [3.63, 3.8) is 0 Å². The Morgan fingerprint density at radius 1 is 1.17 bits per heavy atom. The van der Waals surface area contributed by atoms with Crippen molar-refractivity contribution in [2.45, 2.75) is 34.1 Å². The van der Waals surface area contributed by atoms with E-state index in [1.165, 1.54) is 6.42 Å². The van der Waals surface area contributed by atoms with Crippen LogP contribution in [0.15, 0.2) is 0 Å². The van der Waals surface area contributed by atoms with Gasteiger partial charge >= 0.3 is 0 Å². The van der Waals surface area contributed by atoms with Gasteiger partial charge in [-0.3, -0.25) is 0 Å². The molecule has 0 fully saturated rings. The molecule has 0 bridgehead atoms. The summed E-state index contributed by atoms with van der Waals surface area (Å²) in [6, 6.07) is 0. The molecule has 0 heteroatoms. The third-order valence-corrected chi connectivity index (χ3v) is 1.06. The molecule has 0 atom stereocenters. The normalized spacial score (nSPS) is 12.0. The molecule has 0 amide bonds. The first kappa shape index (κ1) is 6.00. The van der Waals surface area contributed by atoms with Crippen molar-refractivity contribution >= 4 is 0 Å². The molecule has 0 aliphatic carbocycles. The van der Waals surface area contributed by atoms with Crippen LogP contribution in [0.5, 0.6) is 0 Å². The second kappa shape index (κ2) is 1.63. The van der Waals surface area contributed by atoms with E-state index in [0.29, 0.717) is 5.41 Å². The molecule has 0 unspecified atom stereocenters. The topological polar surface area (TPSA) is 0 Å². The van der Waals surface area contributed by atoms with Crippen molar-refractivity contribution in [2.24, 2.45) is 5.41 Å². The van der Waals surface area contributed by atoms with Crippen molar-refractivity contribution in [1.82, 2.24) is 0 Å². The zero-order valence-corrected chi connectivity index (χ0v) is 5.21. The highest BCUT2D eigenvalue weighted by Gasteiger charge is 2.03. The summed E-state index contributed by atoms with van der Waals surface area (Å²) in [4.78, 5) is 0. The molecule has 0 nitrogen and oxygen atoms in total. The molecule has 0 spiro atoms. The van der Waals surface area contributed by atoms with E-state index in [0.717, 1.165) is 0 Å². The predicted molar refractivity (Wildman–Crippen MR) is 29.7 cm³/mol. The molecule has 0 aromatic heterocycles. The van der Waals surface area contributed by atoms with Gasteiger partial charge in [-0.05, 0) is 5.41 Å². The monoisotopic (exact) mass is 86.1 g/mol. The van der Waals surface area contributed by atoms with E-state index in [4.69, 9.17) is 0 Å². The average Bonchev–Trinajstić information content (AvgIpc) is 1.35. The summed E-state index contributed by atoms with van der Waals surface area (Å²) in [5, 5.41) is 0. The number of hydrogen-bond acceptors (Lipinski definition) is 0. The first-order valence-electron chi connectivity index (χ1n) is 2.56. The lowest BCUT2D eigenvalue weighted by Crippen LogP contribution is -2.00. The SMILES string of the molecule is CCC(C)(C)C. The Hall–Kier alpha value is 0. The molecule has 6 heavy (non-hydrogen) atoms. The molecule has 0 N–H and O–H groups in total. The molecule has 0 heterocycles. The van der Waals surface area contributed by atoms with Crippen LogP contribution in [0.2, 0.25) is 0 Å². The fourth-order valence-electron chi connectivity index (χ4n) is 0. The van der Waals surface area contributed by atoms with Gasteiger partial charge in [-0.1, -0.05) is 34.1 Å².